The Hall–Kier alpha value is -2.20. The maximum atomic E-state index is 6.11. The minimum absolute atomic E-state index is 0.274. The number of rotatable bonds is 4. The summed E-state index contributed by atoms with van der Waals surface area (Å²) in [6.07, 6.45) is 2.08. The second-order valence-corrected chi connectivity index (χ2v) is 6.57. The van der Waals surface area contributed by atoms with Crippen LogP contribution in [0.2, 0.25) is 5.02 Å². The predicted octanol–water partition coefficient (Wildman–Crippen LogP) is 4.33. The van der Waals surface area contributed by atoms with Crippen molar-refractivity contribution in [2.45, 2.75) is 31.7 Å². The van der Waals surface area contributed by atoms with E-state index in [0.29, 0.717) is 22.6 Å². The molecular weight excluding hydrogens is 322 g/mol. The van der Waals surface area contributed by atoms with Crippen LogP contribution >= 0.6 is 11.6 Å². The van der Waals surface area contributed by atoms with Gasteiger partial charge < -0.3 is 15.8 Å². The summed E-state index contributed by atoms with van der Waals surface area (Å²) in [5.74, 6) is 1.64. The number of hydrogen-bond acceptors (Lipinski definition) is 2. The summed E-state index contributed by atoms with van der Waals surface area (Å²) in [7, 11) is 1.59. The molecule has 24 heavy (non-hydrogen) atoms. The number of aliphatic imine (C=N–C) groups is 1. The van der Waals surface area contributed by atoms with Crippen LogP contribution in [0, 0.1) is 6.92 Å². The van der Waals surface area contributed by atoms with E-state index in [4.69, 9.17) is 22.1 Å². The Morgan fingerprint density at radius 2 is 2.00 bits per heavy atom. The molecule has 0 aliphatic heterocycles. The Morgan fingerprint density at radius 3 is 2.67 bits per heavy atom. The molecule has 3 N–H and O–H groups in total. The molecule has 2 aromatic rings. The Balaban J connectivity index is 1.58. The maximum Gasteiger partial charge on any atom is 0.193 e. The van der Waals surface area contributed by atoms with Gasteiger partial charge in [-0.3, -0.25) is 0 Å². The molecule has 1 aliphatic carbocycles. The zero-order chi connectivity index (χ0) is 17.1. The van der Waals surface area contributed by atoms with Crippen LogP contribution in [0.4, 0.5) is 5.69 Å². The largest absolute Gasteiger partial charge is 0.495 e. The number of benzene rings is 2. The fraction of sp³-hybridized carbons (Fsp3) is 0.316. The van der Waals surface area contributed by atoms with Gasteiger partial charge in [0.15, 0.2) is 5.96 Å². The molecule has 1 fully saturated rings. The maximum absolute atomic E-state index is 6.11. The van der Waals surface area contributed by atoms with Crippen molar-refractivity contribution in [2.75, 3.05) is 12.4 Å². The van der Waals surface area contributed by atoms with Crippen LogP contribution < -0.4 is 15.8 Å². The summed E-state index contributed by atoms with van der Waals surface area (Å²) in [5.41, 5.74) is 9.60. The minimum atomic E-state index is 0.274. The fourth-order valence-corrected chi connectivity index (χ4v) is 3.37. The fourth-order valence-electron chi connectivity index (χ4n) is 3.11. The average Bonchev–Trinajstić information content (AvgIpc) is 2.52. The molecule has 0 spiro atoms. The normalized spacial score (nSPS) is 20.4. The van der Waals surface area contributed by atoms with E-state index in [1.165, 1.54) is 11.1 Å². The predicted molar refractivity (Wildman–Crippen MR) is 100 cm³/mol. The minimum Gasteiger partial charge on any atom is -0.495 e. The van der Waals surface area contributed by atoms with Gasteiger partial charge in [0.25, 0.3) is 0 Å². The molecule has 0 amide bonds. The van der Waals surface area contributed by atoms with Crippen LogP contribution in [0.1, 0.15) is 29.9 Å². The molecular formula is C19H22ClN3O. The molecule has 3 rings (SSSR count). The number of aryl methyl sites for hydroxylation is 1. The molecule has 126 valence electrons. The van der Waals surface area contributed by atoms with Gasteiger partial charge in [0, 0.05) is 5.69 Å². The van der Waals surface area contributed by atoms with Gasteiger partial charge in [0.2, 0.25) is 0 Å². The molecule has 0 heterocycles. The lowest BCUT2D eigenvalue weighted by Gasteiger charge is -2.34. The van der Waals surface area contributed by atoms with Crippen molar-refractivity contribution < 1.29 is 4.74 Å². The number of halogens is 1. The summed E-state index contributed by atoms with van der Waals surface area (Å²) in [6, 6.07) is 14.3. The van der Waals surface area contributed by atoms with Crippen molar-refractivity contribution in [3.63, 3.8) is 0 Å². The highest BCUT2D eigenvalue weighted by atomic mass is 35.5. The summed E-state index contributed by atoms with van der Waals surface area (Å²) in [4.78, 5) is 4.56. The lowest BCUT2D eigenvalue weighted by Crippen LogP contribution is -2.31. The highest BCUT2D eigenvalue weighted by molar-refractivity contribution is 6.32. The van der Waals surface area contributed by atoms with Gasteiger partial charge in [-0.15, -0.1) is 0 Å². The molecule has 1 saturated carbocycles. The topological polar surface area (TPSA) is 59.6 Å². The van der Waals surface area contributed by atoms with Crippen molar-refractivity contribution in [1.82, 2.24) is 0 Å². The Bertz CT molecular complexity index is 754. The number of nitrogens with zero attached hydrogens (tertiary/aromatic N) is 1. The second-order valence-electron chi connectivity index (χ2n) is 6.17. The van der Waals surface area contributed by atoms with Crippen LogP contribution in [0.15, 0.2) is 47.5 Å². The first-order valence-corrected chi connectivity index (χ1v) is 8.44. The van der Waals surface area contributed by atoms with Gasteiger partial charge in [-0.1, -0.05) is 35.9 Å². The Morgan fingerprint density at radius 1 is 1.25 bits per heavy atom. The van der Waals surface area contributed by atoms with Gasteiger partial charge in [-0.25, -0.2) is 4.99 Å². The van der Waals surface area contributed by atoms with E-state index in [9.17, 15) is 0 Å². The Labute approximate surface area is 147 Å². The summed E-state index contributed by atoms with van der Waals surface area (Å²) >= 11 is 6.11. The van der Waals surface area contributed by atoms with Crippen molar-refractivity contribution in [1.29, 1.82) is 0 Å². The quantitative estimate of drug-likeness (QED) is 0.641. The SMILES string of the molecule is COc1ccc(NC(N)=NC2CC(c3ccccc3C)C2)cc1Cl. The molecule has 1 aliphatic rings. The molecule has 0 radical (unpaired) electrons. The molecule has 0 atom stereocenters. The third kappa shape index (κ3) is 3.65. The first kappa shape index (κ1) is 16.7. The second kappa shape index (κ2) is 7.14. The van der Waals surface area contributed by atoms with Crippen molar-refractivity contribution in [3.8, 4) is 5.75 Å². The van der Waals surface area contributed by atoms with Crippen molar-refractivity contribution in [2.24, 2.45) is 10.7 Å². The Kier molecular flexibility index (Phi) is 4.95. The molecule has 5 heteroatoms. The van der Waals surface area contributed by atoms with E-state index in [-0.39, 0.29) is 6.04 Å². The number of guanidine groups is 1. The van der Waals surface area contributed by atoms with E-state index < -0.39 is 0 Å². The number of nitrogens with one attached hydrogen (secondary N) is 1. The van der Waals surface area contributed by atoms with E-state index in [2.05, 4.69) is 41.5 Å². The van der Waals surface area contributed by atoms with E-state index in [0.717, 1.165) is 18.5 Å². The zero-order valence-electron chi connectivity index (χ0n) is 13.9. The number of nitrogens with two attached hydrogens (primary N) is 1. The monoisotopic (exact) mass is 343 g/mol. The lowest BCUT2D eigenvalue weighted by atomic mass is 9.75. The molecule has 4 nitrogen and oxygen atoms in total. The molecule has 0 unspecified atom stereocenters. The van der Waals surface area contributed by atoms with Gasteiger partial charge in [-0.2, -0.15) is 0 Å². The molecule has 2 aromatic carbocycles. The first-order valence-electron chi connectivity index (χ1n) is 8.06. The lowest BCUT2D eigenvalue weighted by molar-refractivity contribution is 0.352. The van der Waals surface area contributed by atoms with E-state index in [1.807, 2.05) is 6.07 Å². The first-order chi connectivity index (χ1) is 11.6. The standard InChI is InChI=1S/C19H22ClN3O/c1-12-5-3-4-6-16(12)13-9-15(10-13)23-19(21)22-14-7-8-18(24-2)17(20)11-14/h3-8,11,13,15H,9-10H2,1-2H3,(H3,21,22,23). The summed E-state index contributed by atoms with van der Waals surface area (Å²) < 4.78 is 5.14. The molecule has 0 saturated heterocycles. The summed E-state index contributed by atoms with van der Waals surface area (Å²) in [6.45, 7) is 2.16. The number of hydrogen-bond donors (Lipinski definition) is 2. The highest BCUT2D eigenvalue weighted by Gasteiger charge is 2.30. The summed E-state index contributed by atoms with van der Waals surface area (Å²) in [5, 5.41) is 3.63. The van der Waals surface area contributed by atoms with E-state index in [1.54, 1.807) is 19.2 Å². The number of anilines is 1. The van der Waals surface area contributed by atoms with Gasteiger partial charge in [-0.05, 0) is 55.0 Å². The van der Waals surface area contributed by atoms with Crippen molar-refractivity contribution in [3.05, 3.63) is 58.6 Å². The third-order valence-corrected chi connectivity index (χ3v) is 4.78. The third-order valence-electron chi connectivity index (χ3n) is 4.49. The van der Waals surface area contributed by atoms with Crippen LogP contribution in [0.3, 0.4) is 0 Å². The average molecular weight is 344 g/mol. The van der Waals surface area contributed by atoms with Crippen LogP contribution in [0.25, 0.3) is 0 Å². The van der Waals surface area contributed by atoms with Crippen LogP contribution in [-0.2, 0) is 0 Å². The van der Waals surface area contributed by atoms with E-state index >= 15 is 0 Å². The van der Waals surface area contributed by atoms with Gasteiger partial charge in [0.05, 0.1) is 18.2 Å². The van der Waals surface area contributed by atoms with Gasteiger partial charge in [0.1, 0.15) is 5.75 Å². The van der Waals surface area contributed by atoms with Crippen LogP contribution in [-0.4, -0.2) is 19.1 Å². The number of methoxy groups -OCH3 is 1. The van der Waals surface area contributed by atoms with Crippen LogP contribution in [0.5, 0.6) is 5.75 Å². The van der Waals surface area contributed by atoms with Crippen molar-refractivity contribution >= 4 is 23.2 Å². The zero-order valence-corrected chi connectivity index (χ0v) is 14.7. The highest BCUT2D eigenvalue weighted by Crippen LogP contribution is 2.40. The molecule has 0 aromatic heterocycles. The molecule has 0 bridgehead atoms. The number of ether oxygens (including phenoxy) is 1. The smallest absolute Gasteiger partial charge is 0.193 e. The van der Waals surface area contributed by atoms with Gasteiger partial charge >= 0.3 is 0 Å².